The Labute approximate surface area is 153 Å². The molecular formula is C20H34N4O. The number of hydrogen-bond acceptors (Lipinski definition) is 3. The number of aliphatic imine (C=N–C) groups is 1. The summed E-state index contributed by atoms with van der Waals surface area (Å²) in [6.45, 7) is 9.81. The second-order valence-electron chi connectivity index (χ2n) is 6.86. The summed E-state index contributed by atoms with van der Waals surface area (Å²) < 4.78 is 5.23. The van der Waals surface area contributed by atoms with E-state index >= 15 is 0 Å². The van der Waals surface area contributed by atoms with Gasteiger partial charge in [0, 0.05) is 39.8 Å². The van der Waals surface area contributed by atoms with Crippen molar-refractivity contribution in [1.29, 1.82) is 0 Å². The van der Waals surface area contributed by atoms with E-state index < -0.39 is 0 Å². The number of methoxy groups -OCH3 is 1. The maximum Gasteiger partial charge on any atom is 0.194 e. The minimum absolute atomic E-state index is 0.539. The van der Waals surface area contributed by atoms with E-state index in [1.54, 1.807) is 7.11 Å². The first-order chi connectivity index (χ1) is 12.1. The average molecular weight is 347 g/mol. The summed E-state index contributed by atoms with van der Waals surface area (Å²) in [5.41, 5.74) is 2.60. The van der Waals surface area contributed by atoms with Crippen LogP contribution in [0.1, 0.15) is 30.9 Å². The summed E-state index contributed by atoms with van der Waals surface area (Å²) in [5.74, 6) is 0.988. The van der Waals surface area contributed by atoms with Crippen molar-refractivity contribution in [3.05, 3.63) is 35.4 Å². The van der Waals surface area contributed by atoms with Crippen molar-refractivity contribution in [3.8, 4) is 0 Å². The van der Waals surface area contributed by atoms with Gasteiger partial charge in [0.25, 0.3) is 0 Å². The van der Waals surface area contributed by atoms with Gasteiger partial charge in [-0.2, -0.15) is 0 Å². The topological polar surface area (TPSA) is 40.1 Å². The number of guanidine groups is 1. The van der Waals surface area contributed by atoms with Gasteiger partial charge in [-0.05, 0) is 38.8 Å². The lowest BCUT2D eigenvalue weighted by Crippen LogP contribution is -2.40. The predicted octanol–water partition coefficient (Wildman–Crippen LogP) is 2.50. The summed E-state index contributed by atoms with van der Waals surface area (Å²) in [5, 5.41) is 3.43. The molecule has 0 aliphatic carbocycles. The number of benzene rings is 1. The molecule has 1 aromatic carbocycles. The van der Waals surface area contributed by atoms with E-state index in [0.717, 1.165) is 38.7 Å². The quantitative estimate of drug-likeness (QED) is 0.580. The molecule has 5 nitrogen and oxygen atoms in total. The average Bonchev–Trinajstić information content (AvgIpc) is 3.06. The number of aryl methyl sites for hydroxylation is 1. The van der Waals surface area contributed by atoms with Crippen LogP contribution in [0.15, 0.2) is 29.3 Å². The Balaban J connectivity index is 1.95. The molecule has 1 N–H and O–H groups in total. The Morgan fingerprint density at radius 2 is 2.12 bits per heavy atom. The molecule has 5 heteroatoms. The zero-order chi connectivity index (χ0) is 18.1. The lowest BCUT2D eigenvalue weighted by molar-refractivity contribution is 0.142. The van der Waals surface area contributed by atoms with Crippen LogP contribution in [-0.4, -0.2) is 68.7 Å². The van der Waals surface area contributed by atoms with Gasteiger partial charge in [0.2, 0.25) is 0 Å². The molecule has 1 saturated heterocycles. The second kappa shape index (κ2) is 10.4. The highest BCUT2D eigenvalue weighted by Crippen LogP contribution is 2.17. The molecule has 0 aromatic heterocycles. The van der Waals surface area contributed by atoms with E-state index in [1.165, 1.54) is 30.5 Å². The van der Waals surface area contributed by atoms with Gasteiger partial charge in [0.05, 0.1) is 13.2 Å². The first kappa shape index (κ1) is 19.7. The summed E-state index contributed by atoms with van der Waals surface area (Å²) >= 11 is 0. The molecule has 1 heterocycles. The Kier molecular flexibility index (Phi) is 8.22. The molecule has 140 valence electrons. The predicted molar refractivity (Wildman–Crippen MR) is 105 cm³/mol. The smallest absolute Gasteiger partial charge is 0.194 e. The number of likely N-dealkylation sites (tertiary alicyclic amines) is 1. The van der Waals surface area contributed by atoms with Gasteiger partial charge in [-0.1, -0.05) is 29.8 Å². The van der Waals surface area contributed by atoms with E-state index in [2.05, 4.69) is 60.3 Å². The van der Waals surface area contributed by atoms with Gasteiger partial charge >= 0.3 is 0 Å². The van der Waals surface area contributed by atoms with Crippen molar-refractivity contribution in [2.24, 2.45) is 4.99 Å². The highest BCUT2D eigenvalue weighted by atomic mass is 16.5. The third-order valence-corrected chi connectivity index (χ3v) is 4.77. The monoisotopic (exact) mass is 346 g/mol. The first-order valence-corrected chi connectivity index (χ1v) is 9.42. The zero-order valence-electron chi connectivity index (χ0n) is 16.3. The molecule has 1 atom stereocenters. The van der Waals surface area contributed by atoms with Gasteiger partial charge in [-0.25, -0.2) is 0 Å². The second-order valence-corrected chi connectivity index (χ2v) is 6.86. The lowest BCUT2D eigenvalue weighted by Gasteiger charge is -2.25. The van der Waals surface area contributed by atoms with Crippen LogP contribution in [0.25, 0.3) is 0 Å². The Morgan fingerprint density at radius 1 is 1.36 bits per heavy atom. The van der Waals surface area contributed by atoms with Gasteiger partial charge in [0.1, 0.15) is 0 Å². The number of ether oxygens (including phenoxy) is 1. The van der Waals surface area contributed by atoms with E-state index in [9.17, 15) is 0 Å². The van der Waals surface area contributed by atoms with Crippen molar-refractivity contribution < 1.29 is 4.74 Å². The molecule has 0 radical (unpaired) electrons. The maximum absolute atomic E-state index is 5.23. The lowest BCUT2D eigenvalue weighted by atomic mass is 10.1. The molecule has 0 saturated carbocycles. The van der Waals surface area contributed by atoms with Gasteiger partial charge in [-0.3, -0.25) is 9.89 Å². The summed E-state index contributed by atoms with van der Waals surface area (Å²) in [7, 11) is 3.88. The van der Waals surface area contributed by atoms with Crippen LogP contribution in [0.5, 0.6) is 0 Å². The highest BCUT2D eigenvalue weighted by molar-refractivity contribution is 5.79. The van der Waals surface area contributed by atoms with Crippen LogP contribution in [0.4, 0.5) is 0 Å². The number of rotatable bonds is 8. The summed E-state index contributed by atoms with van der Waals surface area (Å²) in [6.07, 6.45) is 2.49. The molecular weight excluding hydrogens is 312 g/mol. The number of hydrogen-bond donors (Lipinski definition) is 1. The van der Waals surface area contributed by atoms with Crippen LogP contribution < -0.4 is 5.32 Å². The standard InChI is InChI=1S/C20H34N4O/c1-5-21-20(23(3)16-18-10-8-17(2)9-11-18)22-15-19-7-6-12-24(19)13-14-25-4/h8-11,19H,5-7,12-16H2,1-4H3,(H,21,22). The maximum atomic E-state index is 5.23. The third-order valence-electron chi connectivity index (χ3n) is 4.77. The first-order valence-electron chi connectivity index (χ1n) is 9.42. The minimum atomic E-state index is 0.539. The molecule has 2 rings (SSSR count). The van der Waals surface area contributed by atoms with Crippen molar-refractivity contribution >= 4 is 5.96 Å². The fraction of sp³-hybridized carbons (Fsp3) is 0.650. The highest BCUT2D eigenvalue weighted by Gasteiger charge is 2.23. The normalized spacial score (nSPS) is 18.6. The molecule has 0 amide bonds. The van der Waals surface area contributed by atoms with Crippen LogP contribution in [0.2, 0.25) is 0 Å². The van der Waals surface area contributed by atoms with Crippen LogP contribution in [-0.2, 0) is 11.3 Å². The molecule has 1 aromatic rings. The van der Waals surface area contributed by atoms with Crippen molar-refractivity contribution in [2.45, 2.75) is 39.3 Å². The molecule has 1 aliphatic heterocycles. The van der Waals surface area contributed by atoms with E-state index in [-0.39, 0.29) is 0 Å². The molecule has 1 aliphatic rings. The molecule has 25 heavy (non-hydrogen) atoms. The summed E-state index contributed by atoms with van der Waals surface area (Å²) in [6, 6.07) is 9.26. The van der Waals surface area contributed by atoms with E-state index in [1.807, 2.05) is 0 Å². The minimum Gasteiger partial charge on any atom is -0.383 e. The molecule has 0 bridgehead atoms. The largest absolute Gasteiger partial charge is 0.383 e. The van der Waals surface area contributed by atoms with Gasteiger partial charge in [-0.15, -0.1) is 0 Å². The third kappa shape index (κ3) is 6.33. The van der Waals surface area contributed by atoms with E-state index in [0.29, 0.717) is 6.04 Å². The molecule has 0 spiro atoms. The van der Waals surface area contributed by atoms with E-state index in [4.69, 9.17) is 9.73 Å². The van der Waals surface area contributed by atoms with Crippen molar-refractivity contribution in [2.75, 3.05) is 46.9 Å². The summed E-state index contributed by atoms with van der Waals surface area (Å²) in [4.78, 5) is 9.64. The van der Waals surface area contributed by atoms with Crippen LogP contribution in [0.3, 0.4) is 0 Å². The van der Waals surface area contributed by atoms with Crippen molar-refractivity contribution in [1.82, 2.24) is 15.1 Å². The fourth-order valence-corrected chi connectivity index (χ4v) is 3.31. The van der Waals surface area contributed by atoms with Crippen LogP contribution in [0, 0.1) is 6.92 Å². The Morgan fingerprint density at radius 3 is 2.80 bits per heavy atom. The van der Waals surface area contributed by atoms with Gasteiger partial charge < -0.3 is 15.0 Å². The molecule has 1 fully saturated rings. The Bertz CT molecular complexity index is 529. The Hall–Kier alpha value is -1.59. The SMILES string of the molecule is CCNC(=NCC1CCCN1CCOC)N(C)Cc1ccc(C)cc1. The zero-order valence-corrected chi connectivity index (χ0v) is 16.3. The van der Waals surface area contributed by atoms with Gasteiger partial charge in [0.15, 0.2) is 5.96 Å². The molecule has 1 unspecified atom stereocenters. The number of nitrogens with one attached hydrogen (secondary N) is 1. The van der Waals surface area contributed by atoms with Crippen molar-refractivity contribution in [3.63, 3.8) is 0 Å². The van der Waals surface area contributed by atoms with Crippen LogP contribution >= 0.6 is 0 Å². The fourth-order valence-electron chi connectivity index (χ4n) is 3.31. The number of nitrogens with zero attached hydrogens (tertiary/aromatic N) is 3.